The Hall–Kier alpha value is -1.69. The zero-order valence-corrected chi connectivity index (χ0v) is 9.87. The van der Waals surface area contributed by atoms with Crippen molar-refractivity contribution in [2.75, 3.05) is 13.2 Å². The van der Waals surface area contributed by atoms with E-state index in [2.05, 4.69) is 0 Å². The fraction of sp³-hybridized carbons (Fsp3) is 0.385. The molecular weight excluding hydrogens is 261 g/mol. The Balaban J connectivity index is 2.18. The van der Waals surface area contributed by atoms with Gasteiger partial charge in [-0.15, -0.1) is 0 Å². The molecule has 1 saturated heterocycles. The van der Waals surface area contributed by atoms with Crippen LogP contribution >= 0.6 is 0 Å². The lowest BCUT2D eigenvalue weighted by molar-refractivity contribution is -0.137. The molecule has 0 aliphatic carbocycles. The summed E-state index contributed by atoms with van der Waals surface area (Å²) in [6, 6.07) is 3.85. The van der Waals surface area contributed by atoms with E-state index in [0.29, 0.717) is 0 Å². The minimum absolute atomic E-state index is 0.00130. The van der Waals surface area contributed by atoms with Crippen molar-refractivity contribution in [2.45, 2.75) is 12.6 Å². The minimum Gasteiger partial charge on any atom is -0.380 e. The maximum absolute atomic E-state index is 12.4. The monoisotopic (exact) mass is 272 g/mol. The van der Waals surface area contributed by atoms with Crippen LogP contribution in [0.3, 0.4) is 0 Å². The molecule has 1 aromatic rings. The Kier molecular flexibility index (Phi) is 3.71. The molecule has 0 N–H and O–H groups in total. The van der Waals surface area contributed by atoms with Gasteiger partial charge in [-0.05, 0) is 12.1 Å². The lowest BCUT2D eigenvalue weighted by Gasteiger charge is -2.19. The van der Waals surface area contributed by atoms with E-state index in [4.69, 9.17) is 4.74 Å². The zero-order valence-electron chi connectivity index (χ0n) is 9.87. The number of rotatable bonds is 2. The van der Waals surface area contributed by atoms with E-state index in [1.54, 1.807) is 0 Å². The van der Waals surface area contributed by atoms with E-state index in [1.807, 2.05) is 0 Å². The van der Waals surface area contributed by atoms with Crippen LogP contribution in [0.1, 0.15) is 22.3 Å². The van der Waals surface area contributed by atoms with Crippen LogP contribution in [0.4, 0.5) is 13.2 Å². The largest absolute Gasteiger partial charge is 0.416 e. The second kappa shape index (κ2) is 5.13. The van der Waals surface area contributed by atoms with Gasteiger partial charge in [0.25, 0.3) is 0 Å². The van der Waals surface area contributed by atoms with Crippen LogP contribution in [0.5, 0.6) is 0 Å². The van der Waals surface area contributed by atoms with Gasteiger partial charge in [0.2, 0.25) is 0 Å². The van der Waals surface area contributed by atoms with Crippen molar-refractivity contribution >= 4 is 11.6 Å². The molecular formula is C13H11F3O3. The third kappa shape index (κ3) is 3.01. The first-order valence-corrected chi connectivity index (χ1v) is 5.71. The van der Waals surface area contributed by atoms with E-state index in [-0.39, 0.29) is 31.0 Å². The smallest absolute Gasteiger partial charge is 0.380 e. The van der Waals surface area contributed by atoms with Crippen LogP contribution < -0.4 is 0 Å². The Morgan fingerprint density at radius 3 is 2.37 bits per heavy atom. The first-order chi connectivity index (χ1) is 8.89. The Labute approximate surface area is 107 Å². The van der Waals surface area contributed by atoms with Crippen LogP contribution in [0.2, 0.25) is 0 Å². The van der Waals surface area contributed by atoms with Crippen molar-refractivity contribution in [1.82, 2.24) is 0 Å². The van der Waals surface area contributed by atoms with Crippen LogP contribution in [-0.2, 0) is 15.7 Å². The normalized spacial score (nSPS) is 20.4. The molecule has 0 amide bonds. The summed E-state index contributed by atoms with van der Waals surface area (Å²) in [6.45, 7) is 0.286. The summed E-state index contributed by atoms with van der Waals surface area (Å²) in [6.07, 6.45) is -4.28. The van der Waals surface area contributed by atoms with Gasteiger partial charge < -0.3 is 4.74 Å². The number of benzene rings is 1. The summed E-state index contributed by atoms with van der Waals surface area (Å²) in [5, 5.41) is 0. The molecule has 6 heteroatoms. The van der Waals surface area contributed by atoms with E-state index in [0.717, 1.165) is 24.3 Å². The lowest BCUT2D eigenvalue weighted by Crippen LogP contribution is -2.33. The quantitative estimate of drug-likeness (QED) is 0.613. The van der Waals surface area contributed by atoms with Crippen molar-refractivity contribution in [2.24, 2.45) is 5.92 Å². The highest BCUT2D eigenvalue weighted by atomic mass is 19.4. The van der Waals surface area contributed by atoms with Crippen molar-refractivity contribution in [3.63, 3.8) is 0 Å². The summed E-state index contributed by atoms with van der Waals surface area (Å²) in [4.78, 5) is 23.5. The molecule has 1 heterocycles. The molecule has 19 heavy (non-hydrogen) atoms. The molecule has 0 spiro atoms. The van der Waals surface area contributed by atoms with Crippen molar-refractivity contribution in [1.29, 1.82) is 0 Å². The topological polar surface area (TPSA) is 43.4 Å². The molecule has 0 radical (unpaired) electrons. The molecule has 1 aliphatic rings. The lowest BCUT2D eigenvalue weighted by atomic mass is 9.91. The second-order valence-corrected chi connectivity index (χ2v) is 4.28. The molecule has 1 unspecified atom stereocenters. The fourth-order valence-corrected chi connectivity index (χ4v) is 1.89. The first-order valence-electron chi connectivity index (χ1n) is 5.71. The van der Waals surface area contributed by atoms with Gasteiger partial charge in [-0.3, -0.25) is 9.59 Å². The maximum atomic E-state index is 12.4. The van der Waals surface area contributed by atoms with Crippen LogP contribution in [-0.4, -0.2) is 24.8 Å². The number of Topliss-reactive ketones (excluding diaryl/α,β-unsaturated/α-hetero) is 2. The van der Waals surface area contributed by atoms with Gasteiger partial charge in [0, 0.05) is 12.0 Å². The predicted molar refractivity (Wildman–Crippen MR) is 59.7 cm³/mol. The average molecular weight is 272 g/mol. The number of carbonyl (C=O) groups is 2. The first kappa shape index (κ1) is 13.7. The van der Waals surface area contributed by atoms with E-state index in [9.17, 15) is 22.8 Å². The highest BCUT2D eigenvalue weighted by Crippen LogP contribution is 2.29. The molecule has 1 fully saturated rings. The summed E-state index contributed by atoms with van der Waals surface area (Å²) in [5.74, 6) is -1.61. The third-order valence-electron chi connectivity index (χ3n) is 2.98. The third-order valence-corrected chi connectivity index (χ3v) is 2.98. The SMILES string of the molecule is O=C1CCOCC1C(=O)c1ccc(C(F)(F)F)cc1. The Morgan fingerprint density at radius 1 is 1.21 bits per heavy atom. The fourth-order valence-electron chi connectivity index (χ4n) is 1.89. The molecule has 102 valence electrons. The summed E-state index contributed by atoms with van der Waals surface area (Å²) < 4.78 is 42.2. The van der Waals surface area contributed by atoms with Gasteiger partial charge in [0.15, 0.2) is 5.78 Å². The number of ketones is 2. The zero-order chi connectivity index (χ0) is 14.0. The molecule has 1 aromatic carbocycles. The van der Waals surface area contributed by atoms with Crippen molar-refractivity contribution in [3.8, 4) is 0 Å². The number of carbonyl (C=O) groups excluding carboxylic acids is 2. The van der Waals surface area contributed by atoms with Gasteiger partial charge >= 0.3 is 6.18 Å². The molecule has 0 aromatic heterocycles. The van der Waals surface area contributed by atoms with E-state index in [1.165, 1.54) is 0 Å². The summed E-state index contributed by atoms with van der Waals surface area (Å²) >= 11 is 0. The predicted octanol–water partition coefficient (Wildman–Crippen LogP) is 2.49. The number of hydrogen-bond donors (Lipinski definition) is 0. The van der Waals surface area contributed by atoms with Crippen LogP contribution in [0.15, 0.2) is 24.3 Å². The average Bonchev–Trinajstić information content (AvgIpc) is 2.38. The number of hydrogen-bond acceptors (Lipinski definition) is 3. The molecule has 0 bridgehead atoms. The van der Waals surface area contributed by atoms with Crippen LogP contribution in [0.25, 0.3) is 0 Å². The minimum atomic E-state index is -4.44. The van der Waals surface area contributed by atoms with Crippen molar-refractivity contribution < 1.29 is 27.5 Å². The van der Waals surface area contributed by atoms with Gasteiger partial charge in [-0.2, -0.15) is 13.2 Å². The van der Waals surface area contributed by atoms with Gasteiger partial charge in [0.05, 0.1) is 18.8 Å². The Morgan fingerprint density at radius 2 is 1.84 bits per heavy atom. The highest BCUT2D eigenvalue weighted by molar-refractivity contribution is 6.11. The molecule has 2 rings (SSSR count). The van der Waals surface area contributed by atoms with E-state index < -0.39 is 23.4 Å². The summed E-state index contributed by atoms with van der Waals surface area (Å²) in [7, 11) is 0. The highest BCUT2D eigenvalue weighted by Gasteiger charge is 2.32. The van der Waals surface area contributed by atoms with E-state index >= 15 is 0 Å². The number of halogens is 3. The second-order valence-electron chi connectivity index (χ2n) is 4.28. The standard InChI is InChI=1S/C13H11F3O3/c14-13(15,16)9-3-1-8(2-4-9)12(18)10-7-19-6-5-11(10)17/h1-4,10H,5-7H2. The van der Waals surface area contributed by atoms with Crippen LogP contribution in [0, 0.1) is 5.92 Å². The molecule has 0 saturated carbocycles. The molecule has 1 atom stereocenters. The Bertz CT molecular complexity index is 491. The van der Waals surface area contributed by atoms with Gasteiger partial charge in [0.1, 0.15) is 11.7 Å². The van der Waals surface area contributed by atoms with Crippen molar-refractivity contribution in [3.05, 3.63) is 35.4 Å². The number of alkyl halides is 3. The molecule has 3 nitrogen and oxygen atoms in total. The molecule has 1 aliphatic heterocycles. The maximum Gasteiger partial charge on any atom is 0.416 e. The number of ether oxygens (including phenoxy) is 1. The van der Waals surface area contributed by atoms with Gasteiger partial charge in [-0.25, -0.2) is 0 Å². The van der Waals surface area contributed by atoms with Gasteiger partial charge in [-0.1, -0.05) is 12.1 Å². The summed E-state index contributed by atoms with van der Waals surface area (Å²) in [5.41, 5.74) is -0.730.